The van der Waals surface area contributed by atoms with E-state index in [1.807, 2.05) is 11.9 Å². The monoisotopic (exact) mass is 347 g/mol. The number of benzene rings is 1. The Morgan fingerprint density at radius 2 is 2.08 bits per heavy atom. The summed E-state index contributed by atoms with van der Waals surface area (Å²) in [7, 11) is 1.81. The number of carbonyl (C=O) groups excluding carboxylic acids is 1. The first-order valence-corrected chi connectivity index (χ1v) is 8.78. The fourth-order valence-corrected chi connectivity index (χ4v) is 3.02. The van der Waals surface area contributed by atoms with Gasteiger partial charge in [0.05, 0.1) is 12.1 Å². The number of likely N-dealkylation sites (N-methyl/N-ethyl adjacent to an activating group) is 1. The van der Waals surface area contributed by atoms with Crippen molar-refractivity contribution in [1.29, 1.82) is 5.26 Å². The van der Waals surface area contributed by atoms with Crippen LogP contribution in [0.3, 0.4) is 0 Å². The van der Waals surface area contributed by atoms with Crippen molar-refractivity contribution in [3.8, 4) is 11.8 Å². The molecule has 0 heterocycles. The number of rotatable bonds is 7. The zero-order valence-electron chi connectivity index (χ0n) is 14.9. The molecule has 0 spiro atoms. The zero-order chi connectivity index (χ0) is 18.3. The summed E-state index contributed by atoms with van der Waals surface area (Å²) >= 11 is 0. The van der Waals surface area contributed by atoms with Gasteiger partial charge in [-0.1, -0.05) is 31.4 Å². The molecule has 25 heavy (non-hydrogen) atoms. The van der Waals surface area contributed by atoms with E-state index in [9.17, 15) is 14.4 Å². The lowest BCUT2D eigenvalue weighted by molar-refractivity contribution is -0.127. The highest BCUT2D eigenvalue weighted by atomic mass is 19.1. The Hall–Kier alpha value is -2.13. The van der Waals surface area contributed by atoms with E-state index in [4.69, 9.17) is 4.74 Å². The van der Waals surface area contributed by atoms with E-state index in [1.165, 1.54) is 6.07 Å². The highest BCUT2D eigenvalue weighted by molar-refractivity contribution is 5.82. The summed E-state index contributed by atoms with van der Waals surface area (Å²) in [6.07, 6.45) is 4.47. The lowest BCUT2D eigenvalue weighted by Crippen LogP contribution is -2.54. The summed E-state index contributed by atoms with van der Waals surface area (Å²) in [5.41, 5.74) is -0.728. The molecule has 0 saturated heterocycles. The molecule has 136 valence electrons. The first-order chi connectivity index (χ1) is 12.0. The summed E-state index contributed by atoms with van der Waals surface area (Å²) in [5, 5.41) is 12.4. The van der Waals surface area contributed by atoms with Gasteiger partial charge in [0.25, 0.3) is 0 Å². The molecule has 1 aromatic rings. The molecule has 0 bridgehead atoms. The molecule has 1 N–H and O–H groups in total. The van der Waals surface area contributed by atoms with Gasteiger partial charge in [-0.25, -0.2) is 4.39 Å². The second-order valence-electron chi connectivity index (χ2n) is 6.68. The van der Waals surface area contributed by atoms with Gasteiger partial charge in [-0.05, 0) is 38.9 Å². The zero-order valence-corrected chi connectivity index (χ0v) is 14.9. The number of nitriles is 1. The second-order valence-corrected chi connectivity index (χ2v) is 6.68. The Bertz CT molecular complexity index is 623. The average molecular weight is 347 g/mol. The molecular formula is C19H26FN3O2. The quantitative estimate of drug-likeness (QED) is 0.824. The molecule has 1 aliphatic rings. The number of ether oxygens (including phenoxy) is 1. The third-order valence-electron chi connectivity index (χ3n) is 4.86. The van der Waals surface area contributed by atoms with Crippen LogP contribution >= 0.6 is 0 Å². The molecule has 1 saturated carbocycles. The van der Waals surface area contributed by atoms with Crippen molar-refractivity contribution in [2.75, 3.05) is 20.2 Å². The van der Waals surface area contributed by atoms with Crippen LogP contribution < -0.4 is 10.1 Å². The van der Waals surface area contributed by atoms with Crippen LogP contribution in [0, 0.1) is 17.1 Å². The first-order valence-electron chi connectivity index (χ1n) is 8.78. The molecule has 1 unspecified atom stereocenters. The van der Waals surface area contributed by atoms with Crippen LogP contribution in [0.15, 0.2) is 24.3 Å². The van der Waals surface area contributed by atoms with Crippen molar-refractivity contribution >= 4 is 5.91 Å². The number of hydrogen-bond acceptors (Lipinski definition) is 4. The van der Waals surface area contributed by atoms with Gasteiger partial charge in [-0.2, -0.15) is 5.26 Å². The van der Waals surface area contributed by atoms with E-state index in [-0.39, 0.29) is 18.3 Å². The number of amides is 1. The lowest BCUT2D eigenvalue weighted by atomic mass is 9.82. The van der Waals surface area contributed by atoms with Crippen molar-refractivity contribution in [2.45, 2.75) is 50.6 Å². The van der Waals surface area contributed by atoms with Gasteiger partial charge in [0.1, 0.15) is 12.1 Å². The summed E-state index contributed by atoms with van der Waals surface area (Å²) in [6.45, 7) is 2.55. The van der Waals surface area contributed by atoms with Crippen LogP contribution in [0.4, 0.5) is 4.39 Å². The van der Waals surface area contributed by atoms with Crippen LogP contribution in [0.2, 0.25) is 0 Å². The number of carbonyl (C=O) groups is 1. The van der Waals surface area contributed by atoms with E-state index in [0.717, 1.165) is 19.3 Å². The minimum Gasteiger partial charge on any atom is -0.489 e. The molecule has 1 atom stereocenters. The average Bonchev–Trinajstić information content (AvgIpc) is 2.63. The minimum absolute atomic E-state index is 0.156. The highest BCUT2D eigenvalue weighted by Gasteiger charge is 2.35. The molecule has 6 heteroatoms. The van der Waals surface area contributed by atoms with Crippen molar-refractivity contribution in [2.24, 2.45) is 0 Å². The van der Waals surface area contributed by atoms with E-state index < -0.39 is 17.4 Å². The van der Waals surface area contributed by atoms with Gasteiger partial charge >= 0.3 is 0 Å². The van der Waals surface area contributed by atoms with Crippen molar-refractivity contribution in [3.63, 3.8) is 0 Å². The molecule has 1 fully saturated rings. The Kier molecular flexibility index (Phi) is 6.77. The Morgan fingerprint density at radius 1 is 1.40 bits per heavy atom. The van der Waals surface area contributed by atoms with Gasteiger partial charge in [-0.15, -0.1) is 0 Å². The lowest BCUT2D eigenvalue weighted by Gasteiger charge is -2.34. The molecule has 0 aliphatic heterocycles. The number of hydrogen-bond donors (Lipinski definition) is 1. The van der Waals surface area contributed by atoms with Crippen LogP contribution in [-0.2, 0) is 4.79 Å². The maximum atomic E-state index is 13.5. The standard InChI is InChI=1S/C19H26FN3O2/c1-15(18(24)22-19(14-21)10-6-3-7-11-19)23(2)12-13-25-17-9-5-4-8-16(17)20/h4-5,8-9,15H,3,6-7,10-13H2,1-2H3,(H,22,24). The summed E-state index contributed by atoms with van der Waals surface area (Å²) < 4.78 is 18.9. The number of nitrogens with one attached hydrogen (secondary N) is 1. The van der Waals surface area contributed by atoms with Crippen LogP contribution in [0.1, 0.15) is 39.0 Å². The summed E-state index contributed by atoms with van der Waals surface area (Å²) in [5.74, 6) is -0.348. The van der Waals surface area contributed by atoms with Crippen molar-refractivity contribution < 1.29 is 13.9 Å². The fourth-order valence-electron chi connectivity index (χ4n) is 3.02. The Labute approximate surface area is 148 Å². The Balaban J connectivity index is 1.82. The number of halogens is 1. The second kappa shape index (κ2) is 8.82. The summed E-state index contributed by atoms with van der Waals surface area (Å²) in [4.78, 5) is 14.3. The molecule has 1 amide bonds. The van der Waals surface area contributed by atoms with Gasteiger partial charge in [0.15, 0.2) is 11.6 Å². The van der Waals surface area contributed by atoms with E-state index >= 15 is 0 Å². The third kappa shape index (κ3) is 5.17. The third-order valence-corrected chi connectivity index (χ3v) is 4.86. The fraction of sp³-hybridized carbons (Fsp3) is 0.579. The van der Waals surface area contributed by atoms with Crippen LogP contribution in [0.5, 0.6) is 5.75 Å². The van der Waals surface area contributed by atoms with Crippen molar-refractivity contribution in [3.05, 3.63) is 30.1 Å². The topological polar surface area (TPSA) is 65.4 Å². The molecule has 2 rings (SSSR count). The predicted octanol–water partition coefficient (Wildman–Crippen LogP) is 2.87. The maximum Gasteiger partial charge on any atom is 0.238 e. The molecule has 0 radical (unpaired) electrons. The number of nitrogens with zero attached hydrogens (tertiary/aromatic N) is 2. The first kappa shape index (κ1) is 19.2. The molecule has 1 aromatic carbocycles. The molecular weight excluding hydrogens is 321 g/mol. The van der Waals surface area contributed by atoms with E-state index in [0.29, 0.717) is 19.4 Å². The molecule has 0 aromatic heterocycles. The van der Waals surface area contributed by atoms with Crippen LogP contribution in [-0.4, -0.2) is 42.6 Å². The van der Waals surface area contributed by atoms with Gasteiger partial charge in [0, 0.05) is 6.54 Å². The van der Waals surface area contributed by atoms with Gasteiger partial charge in [-0.3, -0.25) is 9.69 Å². The highest BCUT2D eigenvalue weighted by Crippen LogP contribution is 2.27. The van der Waals surface area contributed by atoms with Gasteiger partial charge in [0.2, 0.25) is 5.91 Å². The maximum absolute atomic E-state index is 13.5. The largest absolute Gasteiger partial charge is 0.489 e. The van der Waals surface area contributed by atoms with E-state index in [1.54, 1.807) is 25.1 Å². The Morgan fingerprint density at radius 3 is 2.72 bits per heavy atom. The van der Waals surface area contributed by atoms with Gasteiger partial charge < -0.3 is 10.1 Å². The number of para-hydroxylation sites is 1. The van der Waals surface area contributed by atoms with E-state index in [2.05, 4.69) is 11.4 Å². The predicted molar refractivity (Wildman–Crippen MR) is 93.6 cm³/mol. The van der Waals surface area contributed by atoms with Crippen LogP contribution in [0.25, 0.3) is 0 Å². The van der Waals surface area contributed by atoms with Crippen molar-refractivity contribution in [1.82, 2.24) is 10.2 Å². The SMILES string of the molecule is CC(C(=O)NC1(C#N)CCCCC1)N(C)CCOc1ccccc1F. The smallest absolute Gasteiger partial charge is 0.238 e. The minimum atomic E-state index is -0.728. The summed E-state index contributed by atoms with van der Waals surface area (Å²) in [6, 6.07) is 8.15. The molecule has 5 nitrogen and oxygen atoms in total. The normalized spacial score (nSPS) is 17.6. The molecule has 1 aliphatic carbocycles.